The number of hydrogen-bond acceptors (Lipinski definition) is 8. The molecule has 39 heavy (non-hydrogen) atoms. The van der Waals surface area contributed by atoms with Crippen molar-refractivity contribution < 1.29 is 18.6 Å². The van der Waals surface area contributed by atoms with E-state index >= 15 is 4.39 Å². The molecule has 6 aromatic rings. The lowest BCUT2D eigenvalue weighted by atomic mass is 10.2. The van der Waals surface area contributed by atoms with Gasteiger partial charge >= 0.3 is 0 Å². The number of nitrogens with one attached hydrogen (secondary N) is 2. The largest absolute Gasteiger partial charge is 0.453 e. The van der Waals surface area contributed by atoms with E-state index in [4.69, 9.17) is 25.8 Å². The first-order valence-corrected chi connectivity index (χ1v) is 13.3. The molecule has 2 aromatic carbocycles. The second kappa shape index (κ2) is 9.90. The smallest absolute Gasteiger partial charge is 0.205 e. The Morgan fingerprint density at radius 3 is 2.69 bits per heavy atom. The number of ether oxygens (including phenoxy) is 3. The Balaban J connectivity index is 1.11. The number of rotatable bonds is 6. The van der Waals surface area contributed by atoms with E-state index in [-0.39, 0.29) is 12.0 Å². The van der Waals surface area contributed by atoms with Crippen molar-refractivity contribution in [3.63, 3.8) is 0 Å². The minimum atomic E-state index is -0.519. The summed E-state index contributed by atoms with van der Waals surface area (Å²) in [6.45, 7) is 1.15. The van der Waals surface area contributed by atoms with E-state index in [0.29, 0.717) is 35.6 Å². The highest BCUT2D eigenvalue weighted by atomic mass is 35.5. The molecule has 0 atom stereocenters. The normalized spacial score (nSPS) is 13.9. The summed E-state index contributed by atoms with van der Waals surface area (Å²) in [5, 5.41) is 3.69. The fourth-order valence-corrected chi connectivity index (χ4v) is 5.53. The Labute approximate surface area is 230 Å². The molecule has 8 nitrogen and oxygen atoms in total. The zero-order valence-corrected chi connectivity index (χ0v) is 21.7. The monoisotopic (exact) mass is 559 g/mol. The van der Waals surface area contributed by atoms with Gasteiger partial charge in [-0.1, -0.05) is 17.7 Å². The predicted molar refractivity (Wildman–Crippen MR) is 148 cm³/mol. The van der Waals surface area contributed by atoms with E-state index in [0.717, 1.165) is 37.4 Å². The van der Waals surface area contributed by atoms with E-state index in [1.54, 1.807) is 42.7 Å². The number of anilines is 2. The maximum absolute atomic E-state index is 15.1. The molecule has 194 valence electrons. The number of benzene rings is 2. The molecule has 0 bridgehead atoms. The van der Waals surface area contributed by atoms with E-state index < -0.39 is 5.82 Å². The molecule has 0 amide bonds. The van der Waals surface area contributed by atoms with Crippen LogP contribution in [0.1, 0.15) is 11.9 Å². The van der Waals surface area contributed by atoms with Gasteiger partial charge in [-0.2, -0.15) is 0 Å². The summed E-state index contributed by atoms with van der Waals surface area (Å²) in [7, 11) is 0. The fraction of sp³-hybridized carbons (Fsp3) is 0.107. The highest BCUT2D eigenvalue weighted by Crippen LogP contribution is 2.39. The molecule has 2 N–H and O–H groups in total. The van der Waals surface area contributed by atoms with Gasteiger partial charge in [0.05, 0.1) is 45.0 Å². The van der Waals surface area contributed by atoms with Gasteiger partial charge in [-0.15, -0.1) is 11.3 Å². The van der Waals surface area contributed by atoms with Gasteiger partial charge in [0.1, 0.15) is 5.75 Å². The lowest BCUT2D eigenvalue weighted by Crippen LogP contribution is -1.98. The van der Waals surface area contributed by atoms with E-state index in [9.17, 15) is 0 Å². The minimum absolute atomic E-state index is 0.0958. The van der Waals surface area contributed by atoms with Crippen LogP contribution in [0, 0.1) is 5.82 Å². The summed E-state index contributed by atoms with van der Waals surface area (Å²) in [5.41, 5.74) is 4.46. The van der Waals surface area contributed by atoms with Gasteiger partial charge in [0, 0.05) is 40.8 Å². The van der Waals surface area contributed by atoms with Crippen molar-refractivity contribution in [1.29, 1.82) is 0 Å². The maximum atomic E-state index is 15.1. The molecule has 0 saturated carbocycles. The third-order valence-corrected chi connectivity index (χ3v) is 7.56. The third-order valence-electron chi connectivity index (χ3n) is 6.17. The molecule has 0 aliphatic carbocycles. The molecular weight excluding hydrogens is 541 g/mol. The molecule has 1 saturated heterocycles. The van der Waals surface area contributed by atoms with Gasteiger partial charge in [-0.3, -0.25) is 9.97 Å². The molecule has 0 unspecified atom stereocenters. The second-order valence-electron chi connectivity index (χ2n) is 8.80. The number of imidazole rings is 1. The average molecular weight is 560 g/mol. The molecule has 7 rings (SSSR count). The van der Waals surface area contributed by atoms with Crippen LogP contribution in [-0.4, -0.2) is 33.1 Å². The summed E-state index contributed by atoms with van der Waals surface area (Å²) in [6.07, 6.45) is 3.03. The molecule has 5 heterocycles. The van der Waals surface area contributed by atoms with Crippen molar-refractivity contribution >= 4 is 55.8 Å². The number of hydrogen-bond donors (Lipinski definition) is 2. The van der Waals surface area contributed by atoms with Crippen LogP contribution < -0.4 is 10.1 Å². The molecule has 0 radical (unpaired) electrons. The Bertz CT molecular complexity index is 1820. The van der Waals surface area contributed by atoms with Crippen molar-refractivity contribution in [1.82, 2.24) is 19.9 Å². The zero-order chi connectivity index (χ0) is 26.3. The van der Waals surface area contributed by atoms with E-state index in [2.05, 4.69) is 25.3 Å². The Kier molecular flexibility index (Phi) is 6.09. The number of aromatic nitrogens is 4. The Morgan fingerprint density at radius 1 is 0.974 bits per heavy atom. The van der Waals surface area contributed by atoms with Crippen LogP contribution in [-0.2, 0) is 9.47 Å². The van der Waals surface area contributed by atoms with Gasteiger partial charge in [-0.25, -0.2) is 9.37 Å². The van der Waals surface area contributed by atoms with E-state index in [1.165, 1.54) is 17.4 Å². The molecule has 1 fully saturated rings. The number of aromatic amines is 1. The van der Waals surface area contributed by atoms with E-state index in [1.807, 2.05) is 24.3 Å². The molecule has 1 aliphatic heterocycles. The number of nitrogens with zero attached hydrogens (tertiary/aromatic N) is 3. The minimum Gasteiger partial charge on any atom is -0.453 e. The number of H-pyrrole nitrogens is 1. The SMILES string of the molecule is Fc1cc(Nc2nc3ccc(Cl)cc3[nH]2)ccc1Oc1ccnc2cc(-c3ccc(C4OCCO4)cn3)sc12. The van der Waals surface area contributed by atoms with Gasteiger partial charge in [0.25, 0.3) is 0 Å². The van der Waals surface area contributed by atoms with Crippen molar-refractivity contribution in [2.75, 3.05) is 18.5 Å². The summed E-state index contributed by atoms with van der Waals surface area (Å²) < 4.78 is 32.9. The summed E-state index contributed by atoms with van der Waals surface area (Å²) in [6, 6.07) is 17.5. The van der Waals surface area contributed by atoms with Crippen LogP contribution in [0.25, 0.3) is 31.8 Å². The van der Waals surface area contributed by atoms with Crippen molar-refractivity contribution in [2.45, 2.75) is 6.29 Å². The number of halogens is 2. The van der Waals surface area contributed by atoms with Crippen LogP contribution >= 0.6 is 22.9 Å². The molecule has 1 aliphatic rings. The highest BCUT2D eigenvalue weighted by molar-refractivity contribution is 7.22. The zero-order valence-electron chi connectivity index (χ0n) is 20.2. The third kappa shape index (κ3) is 4.79. The van der Waals surface area contributed by atoms with Crippen molar-refractivity contribution in [3.8, 4) is 22.1 Å². The van der Waals surface area contributed by atoms with Crippen molar-refractivity contribution in [2.24, 2.45) is 0 Å². The molecule has 0 spiro atoms. The molecule has 11 heteroatoms. The van der Waals surface area contributed by atoms with Crippen LogP contribution in [0.3, 0.4) is 0 Å². The second-order valence-corrected chi connectivity index (χ2v) is 10.3. The Hall–Kier alpha value is -4.09. The van der Waals surface area contributed by atoms with Gasteiger partial charge < -0.3 is 24.5 Å². The molecule has 4 aromatic heterocycles. The van der Waals surface area contributed by atoms with Crippen LogP contribution in [0.4, 0.5) is 16.0 Å². The number of thiophene rings is 1. The van der Waals surface area contributed by atoms with Gasteiger partial charge in [-0.05, 0) is 42.5 Å². The summed E-state index contributed by atoms with van der Waals surface area (Å²) >= 11 is 7.52. The van der Waals surface area contributed by atoms with Crippen LogP contribution in [0.15, 0.2) is 73.1 Å². The highest BCUT2D eigenvalue weighted by Gasteiger charge is 2.19. The fourth-order valence-electron chi connectivity index (χ4n) is 4.32. The predicted octanol–water partition coefficient (Wildman–Crippen LogP) is 7.61. The first-order valence-electron chi connectivity index (χ1n) is 12.1. The quantitative estimate of drug-likeness (QED) is 0.217. The molecular formula is C28H19ClFN5O3S. The standard InChI is InChI=1S/C28H19ClFN5O3S/c29-16-2-5-19-21(11-16)35-28(34-19)33-17-3-6-23(18(30)12-17)38-24-7-8-31-22-13-25(39-26(22)24)20-4-1-15(14-32-20)27-36-9-10-37-27/h1-8,11-14,27H,9-10H2,(H2,33,34,35). The first kappa shape index (κ1) is 24.0. The number of fused-ring (bicyclic) bond motifs is 2. The average Bonchev–Trinajstić information content (AvgIpc) is 3.70. The van der Waals surface area contributed by atoms with Gasteiger partial charge in [0.15, 0.2) is 17.9 Å². The lowest BCUT2D eigenvalue weighted by molar-refractivity contribution is -0.0443. The van der Waals surface area contributed by atoms with Gasteiger partial charge in [0.2, 0.25) is 5.95 Å². The Morgan fingerprint density at radius 2 is 1.87 bits per heavy atom. The topological polar surface area (TPSA) is 94.2 Å². The number of pyridine rings is 2. The lowest BCUT2D eigenvalue weighted by Gasteiger charge is -2.09. The van der Waals surface area contributed by atoms with Crippen molar-refractivity contribution in [3.05, 3.63) is 89.5 Å². The van der Waals surface area contributed by atoms with Crippen LogP contribution in [0.2, 0.25) is 5.02 Å². The summed E-state index contributed by atoms with van der Waals surface area (Å²) in [4.78, 5) is 17.5. The van der Waals surface area contributed by atoms with Crippen LogP contribution in [0.5, 0.6) is 11.5 Å². The first-order chi connectivity index (χ1) is 19.1. The summed E-state index contributed by atoms with van der Waals surface area (Å²) in [5.74, 6) is 0.564. The maximum Gasteiger partial charge on any atom is 0.205 e.